The van der Waals surface area contributed by atoms with E-state index < -0.39 is 0 Å². The van der Waals surface area contributed by atoms with Crippen LogP contribution >= 0.6 is 0 Å². The molecule has 0 aliphatic heterocycles. The minimum absolute atomic E-state index is 0.0616. The van der Waals surface area contributed by atoms with E-state index >= 15 is 0 Å². The summed E-state index contributed by atoms with van der Waals surface area (Å²) in [6, 6.07) is 29.0. The number of ether oxygens (including phenoxy) is 1. The highest BCUT2D eigenvalue weighted by atomic mass is 16.5. The van der Waals surface area contributed by atoms with Gasteiger partial charge >= 0.3 is 0 Å². The third kappa shape index (κ3) is 5.81. The molecule has 34 heavy (non-hydrogen) atoms. The molecule has 0 spiro atoms. The average Bonchev–Trinajstić information content (AvgIpc) is 2.87. The maximum atomic E-state index is 12.9. The van der Waals surface area contributed by atoms with E-state index in [0.29, 0.717) is 24.2 Å². The molecule has 0 aliphatic carbocycles. The van der Waals surface area contributed by atoms with Crippen molar-refractivity contribution in [3.8, 4) is 5.75 Å². The van der Waals surface area contributed by atoms with Crippen molar-refractivity contribution >= 4 is 34.0 Å². The highest BCUT2D eigenvalue weighted by Crippen LogP contribution is 2.26. The van der Waals surface area contributed by atoms with Gasteiger partial charge in [0.15, 0.2) is 0 Å². The number of rotatable bonds is 8. The molecule has 1 atom stereocenters. The Hall–Kier alpha value is -4.12. The van der Waals surface area contributed by atoms with E-state index in [9.17, 15) is 9.59 Å². The Labute approximate surface area is 199 Å². The van der Waals surface area contributed by atoms with E-state index in [1.807, 2.05) is 91.9 Å². The first-order valence-corrected chi connectivity index (χ1v) is 11.3. The summed E-state index contributed by atoms with van der Waals surface area (Å²) in [5.74, 6) is 0.294. The molecule has 2 amide bonds. The van der Waals surface area contributed by atoms with Crippen molar-refractivity contribution in [2.45, 2.75) is 25.7 Å². The quantitative estimate of drug-likeness (QED) is 0.336. The summed E-state index contributed by atoms with van der Waals surface area (Å²) in [4.78, 5) is 25.3. The maximum Gasteiger partial charge on any atom is 0.231 e. The highest BCUT2D eigenvalue weighted by molar-refractivity contribution is 5.98. The lowest BCUT2D eigenvalue weighted by molar-refractivity contribution is -0.117. The van der Waals surface area contributed by atoms with E-state index in [4.69, 9.17) is 4.74 Å². The summed E-state index contributed by atoms with van der Waals surface area (Å²) in [6.07, 6.45) is 1.07. The molecule has 4 aromatic carbocycles. The predicted octanol–water partition coefficient (Wildman–Crippen LogP) is 6.16. The number of carbonyl (C=O) groups excluding carboxylic acids is 2. The fourth-order valence-electron chi connectivity index (χ4n) is 3.84. The first kappa shape index (κ1) is 23.1. The summed E-state index contributed by atoms with van der Waals surface area (Å²) < 4.78 is 5.28. The third-order valence-electron chi connectivity index (χ3n) is 5.86. The highest BCUT2D eigenvalue weighted by Gasteiger charge is 2.16. The standard InChI is InChI=1S/C29H28N2O3/c1-20(22-12-13-24-18-27(34-2)15-14-23(24)17-22)29(33)31-26-10-6-9-25(19-26)30-28(32)16-11-21-7-4-3-5-8-21/h3-10,12-15,17-20H,11,16H2,1-2H3,(H,30,32)(H,31,33)/t20-/m0/s1. The van der Waals surface area contributed by atoms with Crippen molar-refractivity contribution in [3.63, 3.8) is 0 Å². The van der Waals surface area contributed by atoms with E-state index in [-0.39, 0.29) is 17.7 Å². The van der Waals surface area contributed by atoms with Crippen LogP contribution in [0.2, 0.25) is 0 Å². The Morgan fingerprint density at radius 3 is 2.26 bits per heavy atom. The van der Waals surface area contributed by atoms with Gasteiger partial charge in [0.05, 0.1) is 13.0 Å². The second-order valence-corrected chi connectivity index (χ2v) is 8.30. The number of benzene rings is 4. The molecule has 2 N–H and O–H groups in total. The van der Waals surface area contributed by atoms with Crippen LogP contribution in [0.4, 0.5) is 11.4 Å². The first-order valence-electron chi connectivity index (χ1n) is 11.3. The molecule has 0 heterocycles. The molecule has 0 bridgehead atoms. The maximum absolute atomic E-state index is 12.9. The number of hydrogen-bond acceptors (Lipinski definition) is 3. The Morgan fingerprint density at radius 1 is 0.794 bits per heavy atom. The average molecular weight is 453 g/mol. The topological polar surface area (TPSA) is 67.4 Å². The normalized spacial score (nSPS) is 11.6. The summed E-state index contributed by atoms with van der Waals surface area (Å²) in [5.41, 5.74) is 3.35. The first-order chi connectivity index (χ1) is 16.5. The lowest BCUT2D eigenvalue weighted by Crippen LogP contribution is -2.19. The van der Waals surface area contributed by atoms with Crippen LogP contribution in [0, 0.1) is 0 Å². The summed E-state index contributed by atoms with van der Waals surface area (Å²) in [5, 5.41) is 8.00. The molecule has 5 nitrogen and oxygen atoms in total. The summed E-state index contributed by atoms with van der Waals surface area (Å²) in [7, 11) is 1.65. The lowest BCUT2D eigenvalue weighted by atomic mass is 9.97. The van der Waals surface area contributed by atoms with E-state index in [1.54, 1.807) is 13.2 Å². The summed E-state index contributed by atoms with van der Waals surface area (Å²) >= 11 is 0. The lowest BCUT2D eigenvalue weighted by Gasteiger charge is -2.14. The second kappa shape index (κ2) is 10.7. The Kier molecular flexibility index (Phi) is 7.23. The predicted molar refractivity (Wildman–Crippen MR) is 137 cm³/mol. The zero-order valence-electron chi connectivity index (χ0n) is 19.4. The van der Waals surface area contributed by atoms with Crippen LogP contribution in [0.5, 0.6) is 5.75 Å². The van der Waals surface area contributed by atoms with Gasteiger partial charge in [-0.15, -0.1) is 0 Å². The van der Waals surface area contributed by atoms with Gasteiger partial charge in [0.25, 0.3) is 0 Å². The number of nitrogens with one attached hydrogen (secondary N) is 2. The zero-order valence-corrected chi connectivity index (χ0v) is 19.4. The van der Waals surface area contributed by atoms with Crippen LogP contribution in [0.3, 0.4) is 0 Å². The number of anilines is 2. The van der Waals surface area contributed by atoms with Crippen molar-refractivity contribution in [1.29, 1.82) is 0 Å². The number of fused-ring (bicyclic) bond motifs is 1. The molecule has 0 unspecified atom stereocenters. The second-order valence-electron chi connectivity index (χ2n) is 8.30. The Morgan fingerprint density at radius 2 is 1.50 bits per heavy atom. The molecule has 4 rings (SSSR count). The van der Waals surface area contributed by atoms with Crippen molar-refractivity contribution in [2.24, 2.45) is 0 Å². The number of methoxy groups -OCH3 is 1. The molecule has 0 radical (unpaired) electrons. The van der Waals surface area contributed by atoms with Crippen LogP contribution in [0.1, 0.15) is 30.4 Å². The van der Waals surface area contributed by atoms with Crippen LogP contribution < -0.4 is 15.4 Å². The molecular weight excluding hydrogens is 424 g/mol. The van der Waals surface area contributed by atoms with Gasteiger partial charge in [-0.3, -0.25) is 9.59 Å². The zero-order chi connectivity index (χ0) is 23.9. The minimum Gasteiger partial charge on any atom is -0.497 e. The van der Waals surface area contributed by atoms with Crippen LogP contribution in [-0.2, 0) is 16.0 Å². The third-order valence-corrected chi connectivity index (χ3v) is 5.86. The Balaban J connectivity index is 1.37. The van der Waals surface area contributed by atoms with Crippen LogP contribution in [0.15, 0.2) is 91.0 Å². The Bertz CT molecular complexity index is 1300. The molecule has 172 valence electrons. The van der Waals surface area contributed by atoms with Crippen molar-refractivity contribution in [1.82, 2.24) is 0 Å². The van der Waals surface area contributed by atoms with Crippen LogP contribution in [0.25, 0.3) is 10.8 Å². The molecular formula is C29H28N2O3. The van der Waals surface area contributed by atoms with Gasteiger partial charge in [-0.05, 0) is 65.6 Å². The fraction of sp³-hybridized carbons (Fsp3) is 0.172. The van der Waals surface area contributed by atoms with Gasteiger partial charge in [0.1, 0.15) is 5.75 Å². The van der Waals surface area contributed by atoms with Gasteiger partial charge in [0, 0.05) is 17.8 Å². The van der Waals surface area contributed by atoms with Crippen molar-refractivity contribution < 1.29 is 14.3 Å². The monoisotopic (exact) mass is 452 g/mol. The van der Waals surface area contributed by atoms with E-state index in [0.717, 1.165) is 27.6 Å². The number of amides is 2. The van der Waals surface area contributed by atoms with Gasteiger partial charge in [0.2, 0.25) is 11.8 Å². The fourth-order valence-corrected chi connectivity index (χ4v) is 3.84. The smallest absolute Gasteiger partial charge is 0.231 e. The molecule has 0 saturated heterocycles. The van der Waals surface area contributed by atoms with Gasteiger partial charge in [-0.2, -0.15) is 0 Å². The largest absolute Gasteiger partial charge is 0.497 e. The van der Waals surface area contributed by atoms with E-state index in [1.165, 1.54) is 0 Å². The van der Waals surface area contributed by atoms with Gasteiger partial charge < -0.3 is 15.4 Å². The molecule has 0 fully saturated rings. The van der Waals surface area contributed by atoms with Crippen molar-refractivity contribution in [2.75, 3.05) is 17.7 Å². The number of hydrogen-bond donors (Lipinski definition) is 2. The van der Waals surface area contributed by atoms with Gasteiger partial charge in [-0.1, -0.05) is 60.7 Å². The SMILES string of the molecule is COc1ccc2cc([C@H](C)C(=O)Nc3cccc(NC(=O)CCc4ccccc4)c3)ccc2c1. The molecule has 4 aromatic rings. The molecule has 0 aliphatic rings. The number of aryl methyl sites for hydroxylation is 1. The number of carbonyl (C=O) groups is 2. The van der Waals surface area contributed by atoms with Crippen LogP contribution in [-0.4, -0.2) is 18.9 Å². The summed E-state index contributed by atoms with van der Waals surface area (Å²) in [6.45, 7) is 1.88. The minimum atomic E-state index is -0.337. The molecule has 5 heteroatoms. The van der Waals surface area contributed by atoms with Crippen molar-refractivity contribution in [3.05, 3.63) is 102 Å². The molecule has 0 aromatic heterocycles. The van der Waals surface area contributed by atoms with Gasteiger partial charge in [-0.25, -0.2) is 0 Å². The van der Waals surface area contributed by atoms with E-state index in [2.05, 4.69) is 10.6 Å². The molecule has 0 saturated carbocycles.